The van der Waals surface area contributed by atoms with Crippen molar-refractivity contribution in [1.29, 1.82) is 0 Å². The van der Waals surface area contributed by atoms with Crippen molar-refractivity contribution >= 4 is 16.2 Å². The monoisotopic (exact) mass is 226 g/mol. The van der Waals surface area contributed by atoms with Crippen LogP contribution in [0, 0.1) is 0 Å². The third kappa shape index (κ3) is 4.51. The number of aliphatic carboxylic acids is 1. The molecule has 0 aliphatic heterocycles. The maximum absolute atomic E-state index is 11.2. The number of ether oxygens (including phenoxy) is 1. The van der Waals surface area contributed by atoms with Crippen molar-refractivity contribution < 1.29 is 23.1 Å². The van der Waals surface area contributed by atoms with Gasteiger partial charge in [0.05, 0.1) is 6.61 Å². The molecule has 0 amide bonds. The highest BCUT2D eigenvalue weighted by atomic mass is 32.2. The fourth-order valence-corrected chi connectivity index (χ4v) is 1.61. The van der Waals surface area contributed by atoms with Gasteiger partial charge in [0.25, 0.3) is 10.2 Å². The molecule has 0 aliphatic carbocycles. The molecule has 2 N–H and O–H groups in total. The fraction of sp³-hybridized carbons (Fsp3) is 0.833. The van der Waals surface area contributed by atoms with Gasteiger partial charge in [0, 0.05) is 20.7 Å². The zero-order valence-corrected chi connectivity index (χ0v) is 8.87. The van der Waals surface area contributed by atoms with Gasteiger partial charge in [-0.05, 0) is 0 Å². The van der Waals surface area contributed by atoms with Gasteiger partial charge < -0.3 is 9.84 Å². The molecule has 0 radical (unpaired) electrons. The van der Waals surface area contributed by atoms with E-state index in [4.69, 9.17) is 5.11 Å². The Hall–Kier alpha value is -0.700. The summed E-state index contributed by atoms with van der Waals surface area (Å²) in [5.41, 5.74) is 0. The summed E-state index contributed by atoms with van der Waals surface area (Å²) in [4.78, 5) is 10.4. The number of nitrogens with one attached hydrogen (secondary N) is 1. The molecule has 0 spiro atoms. The topological polar surface area (TPSA) is 95.9 Å². The standard InChI is InChI=1S/C6H14N2O5S/c1-7-14(11,12)8(3-4-13-2)5-6(9)10/h7H,3-5H2,1-2H3,(H,9,10). The summed E-state index contributed by atoms with van der Waals surface area (Å²) in [6.45, 7) is -0.424. The molecule has 0 saturated heterocycles. The third-order valence-electron chi connectivity index (χ3n) is 1.45. The number of carboxylic acid groups (broad SMARTS) is 1. The Bertz CT molecular complexity index is 276. The lowest BCUT2D eigenvalue weighted by Crippen LogP contribution is -2.43. The van der Waals surface area contributed by atoms with Crippen LogP contribution in [0.5, 0.6) is 0 Å². The van der Waals surface area contributed by atoms with Crippen LogP contribution >= 0.6 is 0 Å². The van der Waals surface area contributed by atoms with Crippen LogP contribution < -0.4 is 4.72 Å². The van der Waals surface area contributed by atoms with Gasteiger partial charge in [0.15, 0.2) is 0 Å². The molecule has 0 saturated carbocycles. The summed E-state index contributed by atoms with van der Waals surface area (Å²) >= 11 is 0. The van der Waals surface area contributed by atoms with Crippen molar-refractivity contribution in [3.63, 3.8) is 0 Å². The number of nitrogens with zero attached hydrogens (tertiary/aromatic N) is 1. The van der Waals surface area contributed by atoms with Crippen molar-refractivity contribution in [1.82, 2.24) is 9.03 Å². The highest BCUT2D eigenvalue weighted by Crippen LogP contribution is 1.96. The lowest BCUT2D eigenvalue weighted by atomic mass is 10.6. The average Bonchev–Trinajstić information content (AvgIpc) is 2.11. The van der Waals surface area contributed by atoms with Crippen molar-refractivity contribution in [2.24, 2.45) is 0 Å². The molecule has 0 aromatic carbocycles. The maximum atomic E-state index is 11.2. The van der Waals surface area contributed by atoms with Crippen molar-refractivity contribution in [2.45, 2.75) is 0 Å². The molecule has 0 aromatic heterocycles. The Balaban J connectivity index is 4.46. The van der Waals surface area contributed by atoms with Crippen LogP contribution in [0.4, 0.5) is 0 Å². The van der Waals surface area contributed by atoms with E-state index in [1.165, 1.54) is 14.2 Å². The summed E-state index contributed by atoms with van der Waals surface area (Å²) in [5, 5.41) is 8.47. The molecule has 0 fully saturated rings. The molecule has 7 nitrogen and oxygen atoms in total. The highest BCUT2D eigenvalue weighted by molar-refractivity contribution is 7.87. The predicted molar refractivity (Wildman–Crippen MR) is 49.1 cm³/mol. The SMILES string of the molecule is CNS(=O)(=O)N(CCOC)CC(=O)O. The minimum absolute atomic E-state index is 0.00593. The summed E-state index contributed by atoms with van der Waals surface area (Å²) in [5.74, 6) is -1.21. The second-order valence-corrected chi connectivity index (χ2v) is 4.30. The molecule has 0 unspecified atom stereocenters. The van der Waals surface area contributed by atoms with Crippen LogP contribution in [0.15, 0.2) is 0 Å². The lowest BCUT2D eigenvalue weighted by molar-refractivity contribution is -0.137. The van der Waals surface area contributed by atoms with Crippen LogP contribution in [0.1, 0.15) is 0 Å². The van der Waals surface area contributed by atoms with E-state index in [1.54, 1.807) is 0 Å². The fourth-order valence-electron chi connectivity index (χ4n) is 0.757. The van der Waals surface area contributed by atoms with Gasteiger partial charge in [-0.2, -0.15) is 12.7 Å². The first-order valence-electron chi connectivity index (χ1n) is 3.83. The first-order chi connectivity index (χ1) is 6.44. The molecule has 0 atom stereocenters. The van der Waals surface area contributed by atoms with E-state index in [0.717, 1.165) is 4.31 Å². The number of rotatable bonds is 7. The van der Waals surface area contributed by atoms with E-state index >= 15 is 0 Å². The Morgan fingerprint density at radius 2 is 2.14 bits per heavy atom. The number of methoxy groups -OCH3 is 1. The Kier molecular flexibility index (Phi) is 5.62. The van der Waals surface area contributed by atoms with Gasteiger partial charge in [-0.15, -0.1) is 0 Å². The average molecular weight is 226 g/mol. The number of hydrogen-bond acceptors (Lipinski definition) is 4. The van der Waals surface area contributed by atoms with Crippen molar-refractivity contribution in [2.75, 3.05) is 33.9 Å². The largest absolute Gasteiger partial charge is 0.480 e. The van der Waals surface area contributed by atoms with Crippen LogP contribution in [0.2, 0.25) is 0 Å². The van der Waals surface area contributed by atoms with E-state index in [2.05, 4.69) is 4.74 Å². The minimum atomic E-state index is -3.71. The quantitative estimate of drug-likeness (QED) is 0.550. The van der Waals surface area contributed by atoms with E-state index in [-0.39, 0.29) is 13.2 Å². The summed E-state index contributed by atoms with van der Waals surface area (Å²) in [6, 6.07) is 0. The molecule has 0 aromatic rings. The zero-order chi connectivity index (χ0) is 11.2. The second kappa shape index (κ2) is 5.91. The summed E-state index contributed by atoms with van der Waals surface area (Å²) in [7, 11) is -1.08. The Labute approximate surface area is 82.8 Å². The maximum Gasteiger partial charge on any atom is 0.318 e. The van der Waals surface area contributed by atoms with Crippen LogP contribution in [0.3, 0.4) is 0 Å². The Morgan fingerprint density at radius 3 is 2.50 bits per heavy atom. The predicted octanol–water partition coefficient (Wildman–Crippen LogP) is -1.52. The molecular weight excluding hydrogens is 212 g/mol. The number of hydrogen-bond donors (Lipinski definition) is 2. The van der Waals surface area contributed by atoms with E-state index < -0.39 is 22.7 Å². The van der Waals surface area contributed by atoms with Gasteiger partial charge >= 0.3 is 5.97 Å². The van der Waals surface area contributed by atoms with Crippen molar-refractivity contribution in [3.05, 3.63) is 0 Å². The van der Waals surface area contributed by atoms with Gasteiger partial charge in [0.2, 0.25) is 0 Å². The van der Waals surface area contributed by atoms with Crippen LogP contribution in [-0.2, 0) is 19.7 Å². The molecular formula is C6H14N2O5S. The first kappa shape index (κ1) is 13.3. The molecule has 8 heteroatoms. The van der Waals surface area contributed by atoms with E-state index in [0.29, 0.717) is 0 Å². The van der Waals surface area contributed by atoms with Crippen molar-refractivity contribution in [3.8, 4) is 0 Å². The number of carboxylic acids is 1. The molecule has 14 heavy (non-hydrogen) atoms. The zero-order valence-electron chi connectivity index (χ0n) is 8.06. The molecule has 0 heterocycles. The highest BCUT2D eigenvalue weighted by Gasteiger charge is 2.21. The number of carbonyl (C=O) groups is 1. The molecule has 84 valence electrons. The van der Waals surface area contributed by atoms with E-state index in [9.17, 15) is 13.2 Å². The van der Waals surface area contributed by atoms with Gasteiger partial charge in [0.1, 0.15) is 6.54 Å². The summed E-state index contributed by atoms with van der Waals surface area (Å²) in [6.07, 6.45) is 0. The van der Waals surface area contributed by atoms with Gasteiger partial charge in [-0.1, -0.05) is 0 Å². The lowest BCUT2D eigenvalue weighted by Gasteiger charge is -2.18. The molecule has 0 bridgehead atoms. The van der Waals surface area contributed by atoms with Gasteiger partial charge in [-0.3, -0.25) is 4.79 Å². The second-order valence-electron chi connectivity index (χ2n) is 2.43. The van der Waals surface area contributed by atoms with Gasteiger partial charge in [-0.25, -0.2) is 4.72 Å². The minimum Gasteiger partial charge on any atom is -0.480 e. The van der Waals surface area contributed by atoms with Crippen LogP contribution in [-0.4, -0.2) is 57.7 Å². The summed E-state index contributed by atoms with van der Waals surface area (Å²) < 4.78 is 30.0. The Morgan fingerprint density at radius 1 is 1.57 bits per heavy atom. The van der Waals surface area contributed by atoms with E-state index in [1.807, 2.05) is 4.72 Å². The van der Waals surface area contributed by atoms with Crippen LogP contribution in [0.25, 0.3) is 0 Å². The normalized spacial score (nSPS) is 11.9. The molecule has 0 aliphatic rings. The smallest absolute Gasteiger partial charge is 0.318 e. The molecule has 0 rings (SSSR count). The third-order valence-corrected chi connectivity index (χ3v) is 2.96. The first-order valence-corrected chi connectivity index (χ1v) is 5.27.